The number of aliphatic hydroxyl groups excluding tert-OH is 2. The monoisotopic (exact) mass is 275 g/mol. The lowest BCUT2D eigenvalue weighted by atomic mass is 9.99. The zero-order valence-corrected chi connectivity index (χ0v) is 12.2. The fourth-order valence-electron chi connectivity index (χ4n) is 2.33. The molecular weight excluding hydrogens is 246 g/mol. The number of aliphatic carboxylic acids is 1. The Kier molecular flexibility index (Phi) is 10.8. The number of piperidine rings is 1. The Morgan fingerprint density at radius 1 is 1.26 bits per heavy atom. The fraction of sp³-hybridized carbons (Fsp3) is 0.929. The Labute approximate surface area is 116 Å². The molecule has 1 saturated heterocycles. The molecule has 2 unspecified atom stereocenters. The molecule has 1 fully saturated rings. The van der Waals surface area contributed by atoms with E-state index in [1.54, 1.807) is 0 Å². The van der Waals surface area contributed by atoms with Crippen molar-refractivity contribution in [2.75, 3.05) is 19.7 Å². The van der Waals surface area contributed by atoms with Gasteiger partial charge < -0.3 is 15.3 Å². The van der Waals surface area contributed by atoms with Gasteiger partial charge in [-0.2, -0.15) is 0 Å². The van der Waals surface area contributed by atoms with Crippen molar-refractivity contribution in [3.05, 3.63) is 0 Å². The van der Waals surface area contributed by atoms with Gasteiger partial charge in [0, 0.05) is 19.0 Å². The summed E-state index contributed by atoms with van der Waals surface area (Å²) < 4.78 is 0. The summed E-state index contributed by atoms with van der Waals surface area (Å²) in [7, 11) is 0. The molecule has 19 heavy (non-hydrogen) atoms. The van der Waals surface area contributed by atoms with Crippen molar-refractivity contribution in [1.29, 1.82) is 0 Å². The standard InChI is InChI=1S/C12H23NO4.C2H6/c14-9-10-8-11(15)5-7-13(10)6-3-1-2-4-12(16)17;1-2/h10-11,14-15H,1-9H2,(H,16,17);1-2H3. The smallest absolute Gasteiger partial charge is 0.303 e. The highest BCUT2D eigenvalue weighted by molar-refractivity contribution is 5.66. The van der Waals surface area contributed by atoms with Crippen molar-refractivity contribution >= 4 is 5.97 Å². The van der Waals surface area contributed by atoms with Crippen LogP contribution in [0.1, 0.15) is 52.4 Å². The van der Waals surface area contributed by atoms with Gasteiger partial charge in [-0.1, -0.05) is 20.3 Å². The predicted molar refractivity (Wildman–Crippen MR) is 75.1 cm³/mol. The van der Waals surface area contributed by atoms with E-state index in [-0.39, 0.29) is 25.2 Å². The van der Waals surface area contributed by atoms with E-state index in [4.69, 9.17) is 5.11 Å². The second-order valence-electron chi connectivity index (χ2n) is 4.75. The number of carbonyl (C=O) groups is 1. The summed E-state index contributed by atoms with van der Waals surface area (Å²) in [6.07, 6.45) is 3.95. The Hall–Kier alpha value is -0.650. The second kappa shape index (κ2) is 11.2. The van der Waals surface area contributed by atoms with E-state index in [9.17, 15) is 15.0 Å². The molecule has 0 amide bonds. The number of likely N-dealkylation sites (tertiary alicyclic amines) is 1. The fourth-order valence-corrected chi connectivity index (χ4v) is 2.33. The minimum Gasteiger partial charge on any atom is -0.481 e. The number of hydrogen-bond donors (Lipinski definition) is 3. The molecule has 1 heterocycles. The number of hydrogen-bond acceptors (Lipinski definition) is 4. The maximum Gasteiger partial charge on any atom is 0.303 e. The van der Waals surface area contributed by atoms with Crippen LogP contribution in [0.15, 0.2) is 0 Å². The lowest BCUT2D eigenvalue weighted by Crippen LogP contribution is -2.46. The molecule has 1 aliphatic heterocycles. The van der Waals surface area contributed by atoms with Crippen LogP contribution in [0.25, 0.3) is 0 Å². The lowest BCUT2D eigenvalue weighted by molar-refractivity contribution is -0.137. The highest BCUT2D eigenvalue weighted by Crippen LogP contribution is 2.18. The summed E-state index contributed by atoms with van der Waals surface area (Å²) in [6, 6.07) is 0.0678. The molecule has 3 N–H and O–H groups in total. The zero-order valence-electron chi connectivity index (χ0n) is 12.2. The molecule has 0 bridgehead atoms. The van der Waals surface area contributed by atoms with Crippen molar-refractivity contribution < 1.29 is 20.1 Å². The molecule has 0 aromatic heterocycles. The average Bonchev–Trinajstić information content (AvgIpc) is 2.41. The number of nitrogens with zero attached hydrogens (tertiary/aromatic N) is 1. The van der Waals surface area contributed by atoms with Gasteiger partial charge in [0.15, 0.2) is 0 Å². The van der Waals surface area contributed by atoms with Gasteiger partial charge in [0.2, 0.25) is 0 Å². The third-order valence-corrected chi connectivity index (χ3v) is 3.36. The van der Waals surface area contributed by atoms with Crippen LogP contribution < -0.4 is 0 Å². The predicted octanol–water partition coefficient (Wildman–Crippen LogP) is 1.48. The molecule has 0 saturated carbocycles. The highest BCUT2D eigenvalue weighted by Gasteiger charge is 2.25. The van der Waals surface area contributed by atoms with Gasteiger partial charge in [0.1, 0.15) is 0 Å². The minimum atomic E-state index is -0.737. The largest absolute Gasteiger partial charge is 0.481 e. The van der Waals surface area contributed by atoms with E-state index >= 15 is 0 Å². The van der Waals surface area contributed by atoms with Crippen molar-refractivity contribution in [2.24, 2.45) is 0 Å². The quantitative estimate of drug-likeness (QED) is 0.613. The van der Waals surface area contributed by atoms with Crippen molar-refractivity contribution in [3.8, 4) is 0 Å². The number of rotatable bonds is 7. The second-order valence-corrected chi connectivity index (χ2v) is 4.75. The van der Waals surface area contributed by atoms with Crippen LogP contribution in [-0.4, -0.2) is 58.0 Å². The summed E-state index contributed by atoms with van der Waals surface area (Å²) in [6.45, 7) is 5.80. The van der Waals surface area contributed by atoms with E-state index in [2.05, 4.69) is 4.90 Å². The van der Waals surface area contributed by atoms with Crippen LogP contribution in [0.3, 0.4) is 0 Å². The number of carboxylic acids is 1. The SMILES string of the molecule is CC.O=C(O)CCCCCN1CCC(O)CC1CO. The van der Waals surface area contributed by atoms with Crippen LogP contribution >= 0.6 is 0 Å². The highest BCUT2D eigenvalue weighted by atomic mass is 16.4. The number of unbranched alkanes of at least 4 members (excludes halogenated alkanes) is 2. The maximum absolute atomic E-state index is 10.3. The molecular formula is C14H29NO4. The molecule has 0 aromatic rings. The Morgan fingerprint density at radius 3 is 2.53 bits per heavy atom. The van der Waals surface area contributed by atoms with Crippen molar-refractivity contribution in [2.45, 2.75) is 64.5 Å². The summed E-state index contributed by atoms with van der Waals surface area (Å²) in [5.74, 6) is -0.737. The van der Waals surface area contributed by atoms with E-state index in [0.29, 0.717) is 6.42 Å². The van der Waals surface area contributed by atoms with Crippen LogP contribution in [0, 0.1) is 0 Å². The van der Waals surface area contributed by atoms with Gasteiger partial charge >= 0.3 is 5.97 Å². The van der Waals surface area contributed by atoms with Gasteiger partial charge in [0.25, 0.3) is 0 Å². The van der Waals surface area contributed by atoms with Gasteiger partial charge in [-0.05, 0) is 32.2 Å². The first-order valence-electron chi connectivity index (χ1n) is 7.38. The van der Waals surface area contributed by atoms with Gasteiger partial charge in [-0.25, -0.2) is 0 Å². The first-order valence-corrected chi connectivity index (χ1v) is 7.38. The van der Waals surface area contributed by atoms with E-state index in [1.807, 2.05) is 13.8 Å². The molecule has 0 aromatic carbocycles. The number of aliphatic hydroxyl groups is 2. The van der Waals surface area contributed by atoms with E-state index < -0.39 is 5.97 Å². The molecule has 114 valence electrons. The summed E-state index contributed by atoms with van der Waals surface area (Å²) >= 11 is 0. The average molecular weight is 275 g/mol. The first-order chi connectivity index (χ1) is 9.13. The van der Waals surface area contributed by atoms with E-state index in [0.717, 1.165) is 38.8 Å². The topological polar surface area (TPSA) is 81.0 Å². The third-order valence-electron chi connectivity index (χ3n) is 3.36. The van der Waals surface area contributed by atoms with Gasteiger partial charge in [-0.15, -0.1) is 0 Å². The number of carboxylic acid groups (broad SMARTS) is 1. The molecule has 1 rings (SSSR count). The zero-order chi connectivity index (χ0) is 14.7. The van der Waals surface area contributed by atoms with Crippen LogP contribution in [0.5, 0.6) is 0 Å². The third kappa shape index (κ3) is 8.18. The summed E-state index contributed by atoms with van der Waals surface area (Å²) in [5.41, 5.74) is 0. The van der Waals surface area contributed by atoms with Crippen LogP contribution in [-0.2, 0) is 4.79 Å². The maximum atomic E-state index is 10.3. The van der Waals surface area contributed by atoms with Crippen molar-refractivity contribution in [1.82, 2.24) is 4.90 Å². The first kappa shape index (κ1) is 18.4. The molecule has 1 aliphatic rings. The molecule has 0 aliphatic carbocycles. The molecule has 0 spiro atoms. The lowest BCUT2D eigenvalue weighted by Gasteiger charge is -2.36. The molecule has 2 atom stereocenters. The minimum absolute atomic E-state index is 0.0678. The van der Waals surface area contributed by atoms with Crippen molar-refractivity contribution in [3.63, 3.8) is 0 Å². The Morgan fingerprint density at radius 2 is 1.95 bits per heavy atom. The van der Waals surface area contributed by atoms with E-state index in [1.165, 1.54) is 0 Å². The Balaban J connectivity index is 0.00000154. The molecule has 5 nitrogen and oxygen atoms in total. The van der Waals surface area contributed by atoms with Crippen LogP contribution in [0.2, 0.25) is 0 Å². The summed E-state index contributed by atoms with van der Waals surface area (Å²) in [5, 5.41) is 27.2. The van der Waals surface area contributed by atoms with Gasteiger partial charge in [0.05, 0.1) is 12.7 Å². The normalized spacial score (nSPS) is 23.6. The summed E-state index contributed by atoms with van der Waals surface area (Å²) in [4.78, 5) is 12.5. The molecule has 0 radical (unpaired) electrons. The Bertz CT molecular complexity index is 235. The van der Waals surface area contributed by atoms with Crippen LogP contribution in [0.4, 0.5) is 0 Å². The molecule has 5 heteroatoms. The van der Waals surface area contributed by atoms with Gasteiger partial charge in [-0.3, -0.25) is 9.69 Å².